The Morgan fingerprint density at radius 3 is 2.28 bits per heavy atom. The molecule has 2 aromatic carbocycles. The van der Waals surface area contributed by atoms with Gasteiger partial charge < -0.3 is 25.8 Å². The van der Waals surface area contributed by atoms with Crippen LogP contribution in [0.15, 0.2) is 53.6 Å². The Hall–Kier alpha value is -4.45. The Labute approximate surface area is 269 Å². The van der Waals surface area contributed by atoms with Crippen molar-refractivity contribution in [3.05, 3.63) is 59.7 Å². The van der Waals surface area contributed by atoms with Gasteiger partial charge in [-0.05, 0) is 60.3 Å². The zero-order valence-electron chi connectivity index (χ0n) is 26.4. The number of aliphatic hydroxyl groups excluding tert-OH is 1. The van der Waals surface area contributed by atoms with Gasteiger partial charge in [0.25, 0.3) is 0 Å². The van der Waals surface area contributed by atoms with Crippen LogP contribution in [0.2, 0.25) is 0 Å². The Morgan fingerprint density at radius 1 is 1.00 bits per heavy atom. The normalized spacial score (nSPS) is 22.9. The van der Waals surface area contributed by atoms with E-state index in [0.29, 0.717) is 18.9 Å². The summed E-state index contributed by atoms with van der Waals surface area (Å²) < 4.78 is 5.76. The summed E-state index contributed by atoms with van der Waals surface area (Å²) in [4.78, 5) is 51.9. The van der Waals surface area contributed by atoms with Gasteiger partial charge in [-0.3, -0.25) is 14.5 Å². The number of carbonyl (C=O) groups is 4. The zero-order chi connectivity index (χ0) is 32.6. The number of hydrogen-bond acceptors (Lipinski definition) is 7. The summed E-state index contributed by atoms with van der Waals surface area (Å²) in [6, 6.07) is 14.3. The Balaban J connectivity index is 1.09. The molecule has 0 aromatic heterocycles. The third-order valence-corrected chi connectivity index (χ3v) is 9.36. The first-order valence-corrected chi connectivity index (χ1v) is 16.2. The summed E-state index contributed by atoms with van der Waals surface area (Å²) in [5.74, 6) is -0.130. The smallest absolute Gasteiger partial charge is 0.410 e. The maximum absolute atomic E-state index is 13.3. The van der Waals surface area contributed by atoms with Crippen LogP contribution >= 0.6 is 0 Å². The van der Waals surface area contributed by atoms with E-state index >= 15 is 0 Å². The average molecular weight is 633 g/mol. The first-order chi connectivity index (χ1) is 22.3. The summed E-state index contributed by atoms with van der Waals surface area (Å²) >= 11 is 0. The van der Waals surface area contributed by atoms with Crippen molar-refractivity contribution in [2.75, 3.05) is 26.7 Å². The van der Waals surface area contributed by atoms with Gasteiger partial charge in [0, 0.05) is 38.1 Å². The average Bonchev–Trinajstić information content (AvgIpc) is 3.63. The molecule has 0 unspecified atom stereocenters. The van der Waals surface area contributed by atoms with Crippen LogP contribution in [-0.4, -0.2) is 85.1 Å². The fourth-order valence-electron chi connectivity index (χ4n) is 6.76. The van der Waals surface area contributed by atoms with E-state index in [4.69, 9.17) is 4.74 Å². The van der Waals surface area contributed by atoms with E-state index < -0.39 is 36.2 Å². The van der Waals surface area contributed by atoms with Gasteiger partial charge in [0.15, 0.2) is 0 Å². The molecule has 5 amide bonds. The van der Waals surface area contributed by atoms with Gasteiger partial charge in [0.1, 0.15) is 12.6 Å². The number of nitrogens with zero attached hydrogens (tertiary/aromatic N) is 2. The van der Waals surface area contributed by atoms with Crippen LogP contribution in [-0.2, 0) is 14.3 Å². The van der Waals surface area contributed by atoms with Crippen molar-refractivity contribution in [3.8, 4) is 11.1 Å². The van der Waals surface area contributed by atoms with Gasteiger partial charge >= 0.3 is 12.1 Å². The highest BCUT2D eigenvalue weighted by atomic mass is 16.6. The first kappa shape index (κ1) is 32.9. The van der Waals surface area contributed by atoms with Crippen LogP contribution in [0.4, 0.5) is 9.59 Å². The lowest BCUT2D eigenvalue weighted by Crippen LogP contribution is -2.49. The number of carbonyl (C=O) groups excluding carboxylic acids is 4. The van der Waals surface area contributed by atoms with E-state index in [-0.39, 0.29) is 37.3 Å². The largest absolute Gasteiger partial charge is 0.448 e. The summed E-state index contributed by atoms with van der Waals surface area (Å²) in [6.45, 7) is 2.46. The molecule has 2 aliphatic carbocycles. The minimum atomic E-state index is -0.900. The highest BCUT2D eigenvalue weighted by molar-refractivity contribution is 5.89. The summed E-state index contributed by atoms with van der Waals surface area (Å²) in [6.07, 6.45) is 3.87. The second kappa shape index (κ2) is 15.2. The second-order valence-corrected chi connectivity index (χ2v) is 12.3. The number of urea groups is 1. The molecule has 246 valence electrons. The lowest BCUT2D eigenvalue weighted by Gasteiger charge is -2.27. The number of benzene rings is 2. The van der Waals surface area contributed by atoms with E-state index in [2.05, 4.69) is 38.6 Å². The minimum absolute atomic E-state index is 0.00514. The van der Waals surface area contributed by atoms with Crippen molar-refractivity contribution >= 4 is 30.2 Å². The number of rotatable bonds is 10. The molecule has 5 rings (SSSR count). The van der Waals surface area contributed by atoms with Crippen LogP contribution in [0, 0.1) is 11.8 Å². The molecule has 0 spiro atoms. The quantitative estimate of drug-likeness (QED) is 0.200. The molecule has 1 aliphatic heterocycles. The molecule has 0 bridgehead atoms. The van der Waals surface area contributed by atoms with E-state index in [9.17, 15) is 24.3 Å². The number of nitrogens with one attached hydrogen (secondary N) is 4. The minimum Gasteiger partial charge on any atom is -0.448 e. The number of amides is 5. The SMILES string of the molecule is CC[C@@H](/C=N/NC(=O)NC[C@H]1CC[C@H](C(=O)NC)CC1)NC(=O)[C@@H]1C[C@@H](O)CN1C(=O)OCC1c2ccccc2-c2ccccc21. The Kier molecular flexibility index (Phi) is 10.9. The first-order valence-electron chi connectivity index (χ1n) is 16.2. The number of likely N-dealkylation sites (tertiary alicyclic amines) is 1. The number of β-amino-alcohol motifs (C(OH)–C–C–N with tert-alkyl or cyclic N) is 1. The lowest BCUT2D eigenvalue weighted by atomic mass is 9.81. The van der Waals surface area contributed by atoms with Crippen molar-refractivity contribution in [3.63, 3.8) is 0 Å². The molecule has 46 heavy (non-hydrogen) atoms. The molecule has 2 aromatic rings. The zero-order valence-corrected chi connectivity index (χ0v) is 26.4. The van der Waals surface area contributed by atoms with E-state index in [0.717, 1.165) is 47.9 Å². The molecular weight excluding hydrogens is 588 g/mol. The fraction of sp³-hybridized carbons (Fsp3) is 0.500. The standard InChI is InChI=1S/C34H44N6O6/c1-3-23(18-37-39-33(44)36-17-21-12-14-22(15-13-21)31(42)35-2)38-32(43)30-16-24(41)19-40(30)34(45)46-20-29-27-10-6-4-8-25(27)26-9-5-7-11-28(26)29/h4-11,18,21-24,29-30,41H,3,12-17,19-20H2,1-2H3,(H,35,42)(H,38,43)(H2,36,39,44)/b37-18+/t21-,22-,23-,24+,30-/m0/s1. The molecule has 3 aliphatic rings. The van der Waals surface area contributed by atoms with Crippen molar-refractivity contribution in [1.29, 1.82) is 0 Å². The third-order valence-electron chi connectivity index (χ3n) is 9.36. The number of hydrazone groups is 1. The topological polar surface area (TPSA) is 161 Å². The Bertz CT molecular complexity index is 1400. The van der Waals surface area contributed by atoms with Gasteiger partial charge in [0.2, 0.25) is 11.8 Å². The molecular formula is C34H44N6O6. The Morgan fingerprint density at radius 2 is 1.65 bits per heavy atom. The molecule has 0 radical (unpaired) electrons. The van der Waals surface area contributed by atoms with E-state index in [1.54, 1.807) is 7.05 Å². The number of aliphatic hydroxyl groups is 1. The summed E-state index contributed by atoms with van der Waals surface area (Å²) in [5.41, 5.74) is 6.85. The number of ether oxygens (including phenoxy) is 1. The number of hydrogen-bond donors (Lipinski definition) is 5. The van der Waals surface area contributed by atoms with Gasteiger partial charge in [-0.2, -0.15) is 5.10 Å². The van der Waals surface area contributed by atoms with Gasteiger partial charge in [-0.1, -0.05) is 55.5 Å². The maximum atomic E-state index is 13.3. The highest BCUT2D eigenvalue weighted by Gasteiger charge is 2.41. The summed E-state index contributed by atoms with van der Waals surface area (Å²) in [5, 5.41) is 22.7. The van der Waals surface area contributed by atoms with Crippen molar-refractivity contribution in [2.24, 2.45) is 16.9 Å². The van der Waals surface area contributed by atoms with Crippen LogP contribution < -0.4 is 21.4 Å². The predicted octanol–water partition coefficient (Wildman–Crippen LogP) is 3.10. The van der Waals surface area contributed by atoms with E-state index in [1.807, 2.05) is 43.3 Å². The monoisotopic (exact) mass is 632 g/mol. The van der Waals surface area contributed by atoms with Crippen LogP contribution in [0.5, 0.6) is 0 Å². The fourth-order valence-corrected chi connectivity index (χ4v) is 6.76. The van der Waals surface area contributed by atoms with Crippen LogP contribution in [0.1, 0.15) is 62.5 Å². The predicted molar refractivity (Wildman–Crippen MR) is 173 cm³/mol. The molecule has 12 nitrogen and oxygen atoms in total. The maximum Gasteiger partial charge on any atom is 0.410 e. The van der Waals surface area contributed by atoms with E-state index in [1.165, 1.54) is 11.1 Å². The van der Waals surface area contributed by atoms with Crippen molar-refractivity contribution in [2.45, 2.75) is 69.6 Å². The van der Waals surface area contributed by atoms with Crippen molar-refractivity contribution in [1.82, 2.24) is 26.3 Å². The van der Waals surface area contributed by atoms with Crippen LogP contribution in [0.3, 0.4) is 0 Å². The lowest BCUT2D eigenvalue weighted by molar-refractivity contribution is -0.126. The molecule has 3 atom stereocenters. The van der Waals surface area contributed by atoms with Gasteiger partial charge in [-0.25, -0.2) is 15.0 Å². The van der Waals surface area contributed by atoms with Gasteiger partial charge in [-0.15, -0.1) is 0 Å². The molecule has 1 saturated carbocycles. The number of fused-ring (bicyclic) bond motifs is 3. The molecule has 1 heterocycles. The van der Waals surface area contributed by atoms with Gasteiger partial charge in [0.05, 0.1) is 18.7 Å². The summed E-state index contributed by atoms with van der Waals surface area (Å²) in [7, 11) is 1.65. The molecule has 5 N–H and O–H groups in total. The second-order valence-electron chi connectivity index (χ2n) is 12.3. The molecule has 1 saturated heterocycles. The third kappa shape index (κ3) is 7.67. The van der Waals surface area contributed by atoms with Crippen LogP contribution in [0.25, 0.3) is 11.1 Å². The highest BCUT2D eigenvalue weighted by Crippen LogP contribution is 2.44. The molecule has 12 heteroatoms. The molecule has 2 fully saturated rings. The van der Waals surface area contributed by atoms with Crippen molar-refractivity contribution < 1.29 is 29.0 Å².